The van der Waals surface area contributed by atoms with E-state index < -0.39 is 16.1 Å². The molecule has 0 aromatic carbocycles. The first-order chi connectivity index (χ1) is 8.58. The zero-order valence-electron chi connectivity index (χ0n) is 11.5. The normalized spacial score (nSPS) is 20.6. The molecular formula is C12H24O5Si. The molecule has 1 heterocycles. The van der Waals surface area contributed by atoms with Gasteiger partial charge in [0, 0.05) is 20.0 Å². The third-order valence-electron chi connectivity index (χ3n) is 2.35. The van der Waals surface area contributed by atoms with Crippen LogP contribution >= 0.6 is 0 Å². The van der Waals surface area contributed by atoms with Crippen LogP contribution in [0.3, 0.4) is 0 Å². The van der Waals surface area contributed by atoms with Crippen LogP contribution in [0.15, 0.2) is 0 Å². The molecule has 0 saturated carbocycles. The van der Waals surface area contributed by atoms with Crippen molar-refractivity contribution in [3.63, 3.8) is 0 Å². The van der Waals surface area contributed by atoms with Crippen molar-refractivity contribution in [1.29, 1.82) is 0 Å². The van der Waals surface area contributed by atoms with E-state index in [1.807, 2.05) is 0 Å². The Balaban J connectivity index is 2.06. The van der Waals surface area contributed by atoms with E-state index in [0.717, 1.165) is 13.0 Å². The van der Waals surface area contributed by atoms with E-state index >= 15 is 0 Å². The average Bonchev–Trinajstić information content (AvgIpc) is 3.08. The quantitative estimate of drug-likeness (QED) is 0.196. The van der Waals surface area contributed by atoms with Crippen LogP contribution in [0.2, 0.25) is 5.54 Å². The van der Waals surface area contributed by atoms with Crippen molar-refractivity contribution in [2.24, 2.45) is 0 Å². The summed E-state index contributed by atoms with van der Waals surface area (Å²) in [5.74, 6) is -0.287. The molecule has 2 unspecified atom stereocenters. The van der Waals surface area contributed by atoms with Crippen LogP contribution < -0.4 is 0 Å². The number of rotatable bonds is 10. The fraction of sp³-hybridized carbons (Fsp3) is 0.917. The Hall–Kier alpha value is -0.433. The van der Waals surface area contributed by atoms with Crippen molar-refractivity contribution in [3.05, 3.63) is 0 Å². The van der Waals surface area contributed by atoms with Crippen molar-refractivity contribution in [2.75, 3.05) is 19.8 Å². The zero-order valence-corrected chi connectivity index (χ0v) is 12.9. The molecule has 0 aliphatic carbocycles. The number of esters is 1. The lowest BCUT2D eigenvalue weighted by atomic mass is 10.3. The largest absolute Gasteiger partial charge is 0.437 e. The molecule has 106 valence electrons. The predicted octanol–water partition coefficient (Wildman–Crippen LogP) is 1.000. The van der Waals surface area contributed by atoms with Crippen LogP contribution in [0, 0.1) is 0 Å². The van der Waals surface area contributed by atoms with Gasteiger partial charge < -0.3 is 18.6 Å². The van der Waals surface area contributed by atoms with Crippen molar-refractivity contribution >= 4 is 15.7 Å². The summed E-state index contributed by atoms with van der Waals surface area (Å²) >= 11 is 0. The Bertz CT molecular complexity index is 243. The van der Waals surface area contributed by atoms with Gasteiger partial charge in [0.15, 0.2) is 16.1 Å². The highest BCUT2D eigenvalue weighted by Crippen LogP contribution is 2.11. The molecule has 1 rings (SSSR count). The monoisotopic (exact) mass is 276 g/mol. The molecule has 0 aromatic rings. The molecule has 5 nitrogen and oxygen atoms in total. The van der Waals surface area contributed by atoms with Gasteiger partial charge in [-0.1, -0.05) is 13.8 Å². The van der Waals surface area contributed by atoms with Gasteiger partial charge >= 0.3 is 5.97 Å². The van der Waals surface area contributed by atoms with Gasteiger partial charge in [-0.15, -0.1) is 0 Å². The van der Waals surface area contributed by atoms with E-state index in [9.17, 15) is 4.79 Å². The molecule has 18 heavy (non-hydrogen) atoms. The summed E-state index contributed by atoms with van der Waals surface area (Å²) in [6.07, 6.45) is 1.44. The highest BCUT2D eigenvalue weighted by atomic mass is 28.2. The molecule has 0 amide bonds. The van der Waals surface area contributed by atoms with Crippen molar-refractivity contribution < 1.29 is 23.4 Å². The maximum absolute atomic E-state index is 11.0. The third-order valence-corrected chi connectivity index (χ3v) is 3.58. The number of epoxide rings is 1. The molecule has 6 heteroatoms. The molecule has 0 N–H and O–H groups in total. The third kappa shape index (κ3) is 8.63. The first-order valence-corrected chi connectivity index (χ1v) is 7.95. The summed E-state index contributed by atoms with van der Waals surface area (Å²) in [7, 11) is -0.625. The molecule has 2 atom stereocenters. The molecule has 1 fully saturated rings. The zero-order chi connectivity index (χ0) is 13.4. The van der Waals surface area contributed by atoms with E-state index in [0.29, 0.717) is 31.3 Å². The maximum Gasteiger partial charge on any atom is 0.304 e. The highest BCUT2D eigenvalue weighted by Gasteiger charge is 2.22. The number of hydrogen-bond donors (Lipinski definition) is 0. The molecular weight excluding hydrogens is 252 g/mol. The summed E-state index contributed by atoms with van der Waals surface area (Å²) in [5, 5.41) is 0. The highest BCUT2D eigenvalue weighted by molar-refractivity contribution is 6.29. The van der Waals surface area contributed by atoms with E-state index in [-0.39, 0.29) is 5.97 Å². The molecule has 1 aliphatic rings. The lowest BCUT2D eigenvalue weighted by Gasteiger charge is -2.19. The van der Waals surface area contributed by atoms with Gasteiger partial charge in [0.05, 0.1) is 13.2 Å². The molecule has 1 saturated heterocycles. The standard InChI is InChI=1S/C12H24O5Si/c1-9(2)18-17-12(16-10(3)13)5-4-6-14-7-11-8-15-11/h9,11-12H,4-8,18H2,1-3H3. The number of carbonyl (C=O) groups is 1. The van der Waals surface area contributed by atoms with Crippen molar-refractivity contribution in [1.82, 2.24) is 0 Å². The van der Waals surface area contributed by atoms with Crippen LogP contribution in [0.1, 0.15) is 33.6 Å². The van der Waals surface area contributed by atoms with Crippen LogP contribution in [0.4, 0.5) is 0 Å². The smallest absolute Gasteiger partial charge is 0.304 e. The molecule has 0 radical (unpaired) electrons. The Morgan fingerprint density at radius 1 is 1.50 bits per heavy atom. The van der Waals surface area contributed by atoms with Gasteiger partial charge in [0.1, 0.15) is 6.10 Å². The van der Waals surface area contributed by atoms with Gasteiger partial charge in [-0.3, -0.25) is 4.79 Å². The van der Waals surface area contributed by atoms with Gasteiger partial charge in [-0.25, -0.2) is 0 Å². The number of hydrogen-bond acceptors (Lipinski definition) is 5. The average molecular weight is 276 g/mol. The molecule has 0 bridgehead atoms. The predicted molar refractivity (Wildman–Crippen MR) is 70.1 cm³/mol. The minimum atomic E-state index is -0.625. The van der Waals surface area contributed by atoms with Gasteiger partial charge in [0.2, 0.25) is 0 Å². The Labute approximate surface area is 111 Å². The Kier molecular flexibility index (Phi) is 7.49. The summed E-state index contributed by atoms with van der Waals surface area (Å²) in [6.45, 7) is 7.79. The van der Waals surface area contributed by atoms with Crippen LogP contribution in [0.5, 0.6) is 0 Å². The SMILES string of the molecule is CC(=O)OC(CCCOCC1CO1)O[SiH2]C(C)C. The minimum absolute atomic E-state index is 0.287. The van der Waals surface area contributed by atoms with Crippen molar-refractivity contribution in [2.45, 2.75) is 51.5 Å². The Morgan fingerprint density at radius 2 is 2.22 bits per heavy atom. The lowest BCUT2D eigenvalue weighted by Crippen LogP contribution is -2.23. The topological polar surface area (TPSA) is 57.3 Å². The summed E-state index contributed by atoms with van der Waals surface area (Å²) in [6, 6.07) is 0. The van der Waals surface area contributed by atoms with Gasteiger partial charge in [-0.05, 0) is 12.0 Å². The van der Waals surface area contributed by atoms with Crippen LogP contribution in [-0.2, 0) is 23.4 Å². The fourth-order valence-electron chi connectivity index (χ4n) is 1.39. The van der Waals surface area contributed by atoms with Crippen LogP contribution in [0.25, 0.3) is 0 Å². The second kappa shape index (κ2) is 8.63. The minimum Gasteiger partial charge on any atom is -0.437 e. The first kappa shape index (κ1) is 15.6. The first-order valence-electron chi connectivity index (χ1n) is 6.56. The van der Waals surface area contributed by atoms with E-state index in [1.54, 1.807) is 0 Å². The van der Waals surface area contributed by atoms with Gasteiger partial charge in [0.25, 0.3) is 0 Å². The number of ether oxygens (including phenoxy) is 3. The summed E-state index contributed by atoms with van der Waals surface area (Å²) in [5.41, 5.74) is 0.561. The molecule has 1 aliphatic heterocycles. The summed E-state index contributed by atoms with van der Waals surface area (Å²) < 4.78 is 21.3. The fourth-order valence-corrected chi connectivity index (χ4v) is 2.23. The second-order valence-electron chi connectivity index (χ2n) is 4.94. The van der Waals surface area contributed by atoms with Crippen molar-refractivity contribution in [3.8, 4) is 0 Å². The number of carbonyl (C=O) groups excluding carboxylic acids is 1. The lowest BCUT2D eigenvalue weighted by molar-refractivity contribution is -0.162. The summed E-state index contributed by atoms with van der Waals surface area (Å²) in [4.78, 5) is 11.0. The van der Waals surface area contributed by atoms with Gasteiger partial charge in [-0.2, -0.15) is 0 Å². The molecule has 0 aromatic heterocycles. The Morgan fingerprint density at radius 3 is 2.78 bits per heavy atom. The maximum atomic E-state index is 11.0. The second-order valence-corrected chi connectivity index (χ2v) is 7.24. The van der Waals surface area contributed by atoms with E-state index in [1.165, 1.54) is 6.92 Å². The van der Waals surface area contributed by atoms with Crippen LogP contribution in [-0.4, -0.2) is 47.9 Å². The van der Waals surface area contributed by atoms with E-state index in [2.05, 4.69) is 13.8 Å². The molecule has 0 spiro atoms. The van der Waals surface area contributed by atoms with E-state index in [4.69, 9.17) is 18.6 Å².